The van der Waals surface area contributed by atoms with E-state index in [0.717, 1.165) is 28.3 Å². The molecule has 0 spiro atoms. The van der Waals surface area contributed by atoms with Gasteiger partial charge in [-0.15, -0.1) is 0 Å². The van der Waals surface area contributed by atoms with Crippen molar-refractivity contribution in [1.82, 2.24) is 4.90 Å². The Kier molecular flexibility index (Phi) is 5.03. The third kappa shape index (κ3) is 3.38. The van der Waals surface area contributed by atoms with E-state index in [1.807, 2.05) is 23.1 Å². The molecule has 104 valence electrons. The van der Waals surface area contributed by atoms with Crippen LogP contribution in [0.3, 0.4) is 0 Å². The number of piperidine rings is 1. The lowest BCUT2D eigenvalue weighted by Gasteiger charge is -2.38. The minimum Gasteiger partial charge on any atom is -0.336 e. The highest BCUT2D eigenvalue weighted by molar-refractivity contribution is 9.11. The van der Waals surface area contributed by atoms with Crippen LogP contribution in [0.15, 0.2) is 27.1 Å². The van der Waals surface area contributed by atoms with E-state index in [4.69, 9.17) is 5.73 Å². The number of carbonyl (C=O) groups excluding carboxylic acids is 1. The number of likely N-dealkylation sites (tertiary alicyclic amines) is 1. The third-order valence-electron chi connectivity index (χ3n) is 3.74. The summed E-state index contributed by atoms with van der Waals surface area (Å²) in [4.78, 5) is 14.6. The van der Waals surface area contributed by atoms with Crippen molar-refractivity contribution < 1.29 is 4.79 Å². The normalized spacial score (nSPS) is 23.5. The molecule has 1 aliphatic heterocycles. The molecule has 1 amide bonds. The molecule has 2 atom stereocenters. The van der Waals surface area contributed by atoms with Gasteiger partial charge in [-0.05, 0) is 66.4 Å². The second kappa shape index (κ2) is 6.37. The Morgan fingerprint density at radius 3 is 2.79 bits per heavy atom. The monoisotopic (exact) mass is 388 g/mol. The number of nitrogens with two attached hydrogens (primary N) is 1. The summed E-state index contributed by atoms with van der Waals surface area (Å²) in [5, 5.41) is 0. The SMILES string of the molecule is CC1CCC(CN)CN1C(=O)c1ccc(Br)cc1Br. The van der Waals surface area contributed by atoms with Crippen LogP contribution in [0.5, 0.6) is 0 Å². The molecule has 1 aromatic carbocycles. The van der Waals surface area contributed by atoms with E-state index in [0.29, 0.717) is 18.0 Å². The van der Waals surface area contributed by atoms with E-state index >= 15 is 0 Å². The van der Waals surface area contributed by atoms with Crippen molar-refractivity contribution in [2.75, 3.05) is 13.1 Å². The number of carbonyl (C=O) groups is 1. The van der Waals surface area contributed by atoms with Crippen molar-refractivity contribution in [3.63, 3.8) is 0 Å². The Balaban J connectivity index is 2.22. The molecule has 2 rings (SSSR count). The molecule has 2 unspecified atom stereocenters. The summed E-state index contributed by atoms with van der Waals surface area (Å²) < 4.78 is 1.79. The van der Waals surface area contributed by atoms with Gasteiger partial charge >= 0.3 is 0 Å². The lowest BCUT2D eigenvalue weighted by atomic mass is 9.93. The maximum Gasteiger partial charge on any atom is 0.255 e. The average Bonchev–Trinajstić information content (AvgIpc) is 2.38. The molecule has 0 radical (unpaired) electrons. The second-order valence-electron chi connectivity index (χ2n) is 5.11. The fourth-order valence-electron chi connectivity index (χ4n) is 2.48. The number of hydrogen-bond acceptors (Lipinski definition) is 2. The first-order chi connectivity index (χ1) is 9.02. The first kappa shape index (κ1) is 15.0. The smallest absolute Gasteiger partial charge is 0.255 e. The molecular formula is C14H18Br2N2O. The van der Waals surface area contributed by atoms with Crippen molar-refractivity contribution in [2.45, 2.75) is 25.8 Å². The van der Waals surface area contributed by atoms with Crippen LogP contribution in [0.2, 0.25) is 0 Å². The zero-order valence-electron chi connectivity index (χ0n) is 10.9. The van der Waals surface area contributed by atoms with Crippen LogP contribution in [-0.2, 0) is 0 Å². The lowest BCUT2D eigenvalue weighted by Crippen LogP contribution is -2.47. The largest absolute Gasteiger partial charge is 0.336 e. The predicted molar refractivity (Wildman–Crippen MR) is 84.1 cm³/mol. The molecule has 1 aliphatic rings. The van der Waals surface area contributed by atoms with E-state index in [-0.39, 0.29) is 11.9 Å². The molecule has 0 aliphatic carbocycles. The summed E-state index contributed by atoms with van der Waals surface area (Å²) in [6.07, 6.45) is 2.14. The first-order valence-corrected chi connectivity index (χ1v) is 8.07. The molecule has 1 fully saturated rings. The van der Waals surface area contributed by atoms with E-state index < -0.39 is 0 Å². The zero-order valence-corrected chi connectivity index (χ0v) is 14.1. The molecule has 0 bridgehead atoms. The quantitative estimate of drug-likeness (QED) is 0.842. The van der Waals surface area contributed by atoms with Crippen LogP contribution < -0.4 is 5.73 Å². The Morgan fingerprint density at radius 2 is 2.16 bits per heavy atom. The number of amides is 1. The topological polar surface area (TPSA) is 46.3 Å². The van der Waals surface area contributed by atoms with Gasteiger partial charge in [-0.3, -0.25) is 4.79 Å². The Morgan fingerprint density at radius 1 is 1.42 bits per heavy atom. The molecule has 3 nitrogen and oxygen atoms in total. The fourth-order valence-corrected chi connectivity index (χ4v) is 3.69. The van der Waals surface area contributed by atoms with Crippen LogP contribution in [0, 0.1) is 5.92 Å². The standard InChI is InChI=1S/C14H18Br2N2O/c1-9-2-3-10(7-17)8-18(9)14(19)12-5-4-11(15)6-13(12)16/h4-6,9-10H,2-3,7-8,17H2,1H3. The molecule has 2 N–H and O–H groups in total. The second-order valence-corrected chi connectivity index (χ2v) is 6.88. The van der Waals surface area contributed by atoms with Crippen LogP contribution in [-0.4, -0.2) is 29.9 Å². The molecule has 5 heteroatoms. The Labute approximate surface area is 130 Å². The van der Waals surface area contributed by atoms with Gasteiger partial charge in [0, 0.05) is 21.5 Å². The number of halogens is 2. The first-order valence-electron chi connectivity index (χ1n) is 6.49. The molecular weight excluding hydrogens is 372 g/mol. The summed E-state index contributed by atoms with van der Waals surface area (Å²) in [6.45, 7) is 3.52. The summed E-state index contributed by atoms with van der Waals surface area (Å²) in [7, 11) is 0. The van der Waals surface area contributed by atoms with Gasteiger partial charge in [0.05, 0.1) is 5.56 Å². The average molecular weight is 390 g/mol. The molecule has 0 aromatic heterocycles. The molecule has 0 saturated carbocycles. The van der Waals surface area contributed by atoms with Gasteiger partial charge in [0.1, 0.15) is 0 Å². The highest BCUT2D eigenvalue weighted by Gasteiger charge is 2.29. The van der Waals surface area contributed by atoms with E-state index in [1.54, 1.807) is 0 Å². The van der Waals surface area contributed by atoms with E-state index in [1.165, 1.54) is 0 Å². The predicted octanol–water partition coefficient (Wildman–Crippen LogP) is 3.41. The summed E-state index contributed by atoms with van der Waals surface area (Å²) in [5.41, 5.74) is 6.46. The molecule has 1 heterocycles. The van der Waals surface area contributed by atoms with Gasteiger partial charge in [-0.1, -0.05) is 15.9 Å². The van der Waals surface area contributed by atoms with Gasteiger partial charge in [-0.25, -0.2) is 0 Å². The van der Waals surface area contributed by atoms with Crippen molar-refractivity contribution in [2.24, 2.45) is 11.7 Å². The Bertz CT molecular complexity index is 479. The van der Waals surface area contributed by atoms with E-state index in [2.05, 4.69) is 38.8 Å². The minimum absolute atomic E-state index is 0.0880. The highest BCUT2D eigenvalue weighted by Crippen LogP contribution is 2.27. The lowest BCUT2D eigenvalue weighted by molar-refractivity contribution is 0.0566. The maximum atomic E-state index is 12.6. The molecule has 1 saturated heterocycles. The van der Waals surface area contributed by atoms with Crippen LogP contribution >= 0.6 is 31.9 Å². The third-order valence-corrected chi connectivity index (χ3v) is 4.88. The van der Waals surface area contributed by atoms with Gasteiger partial charge in [0.2, 0.25) is 0 Å². The van der Waals surface area contributed by atoms with Gasteiger partial charge in [-0.2, -0.15) is 0 Å². The van der Waals surface area contributed by atoms with Gasteiger partial charge in [0.25, 0.3) is 5.91 Å². The molecule has 1 aromatic rings. The summed E-state index contributed by atoms with van der Waals surface area (Å²) in [6, 6.07) is 5.94. The van der Waals surface area contributed by atoms with Gasteiger partial charge < -0.3 is 10.6 Å². The number of hydrogen-bond donors (Lipinski definition) is 1. The van der Waals surface area contributed by atoms with E-state index in [9.17, 15) is 4.79 Å². The van der Waals surface area contributed by atoms with Gasteiger partial charge in [0.15, 0.2) is 0 Å². The van der Waals surface area contributed by atoms with Crippen molar-refractivity contribution in [3.05, 3.63) is 32.7 Å². The van der Waals surface area contributed by atoms with Crippen LogP contribution in [0.1, 0.15) is 30.1 Å². The number of benzene rings is 1. The fraction of sp³-hybridized carbons (Fsp3) is 0.500. The highest BCUT2D eigenvalue weighted by atomic mass is 79.9. The van der Waals surface area contributed by atoms with Crippen molar-refractivity contribution in [3.8, 4) is 0 Å². The zero-order chi connectivity index (χ0) is 14.0. The number of rotatable bonds is 2. The number of nitrogens with zero attached hydrogens (tertiary/aromatic N) is 1. The maximum absolute atomic E-state index is 12.6. The van der Waals surface area contributed by atoms with Crippen LogP contribution in [0.25, 0.3) is 0 Å². The minimum atomic E-state index is 0.0880. The summed E-state index contributed by atoms with van der Waals surface area (Å²) >= 11 is 6.87. The Hall–Kier alpha value is -0.390. The van der Waals surface area contributed by atoms with Crippen LogP contribution in [0.4, 0.5) is 0 Å². The van der Waals surface area contributed by atoms with Crippen molar-refractivity contribution >= 4 is 37.8 Å². The summed E-state index contributed by atoms with van der Waals surface area (Å²) in [5.74, 6) is 0.513. The molecule has 19 heavy (non-hydrogen) atoms. The van der Waals surface area contributed by atoms with Crippen molar-refractivity contribution in [1.29, 1.82) is 0 Å².